The highest BCUT2D eigenvalue weighted by atomic mass is 16.3. The van der Waals surface area contributed by atoms with Gasteiger partial charge in [0.25, 0.3) is 0 Å². The summed E-state index contributed by atoms with van der Waals surface area (Å²) < 4.78 is 0. The van der Waals surface area contributed by atoms with Gasteiger partial charge in [0.1, 0.15) is 0 Å². The summed E-state index contributed by atoms with van der Waals surface area (Å²) in [6.45, 7) is 5.46. The number of nitrogens with one attached hydrogen (secondary N) is 2. The number of amides is 2. The largest absolute Gasteiger partial charge is 0.394 e. The number of carbonyl (C=O) groups is 2. The zero-order valence-corrected chi connectivity index (χ0v) is 11.5. The molecule has 0 spiro atoms. The Morgan fingerprint density at radius 1 is 1.26 bits per heavy atom. The number of rotatable bonds is 4. The van der Waals surface area contributed by atoms with E-state index in [1.165, 1.54) is 0 Å². The van der Waals surface area contributed by atoms with Crippen molar-refractivity contribution in [1.29, 1.82) is 0 Å². The van der Waals surface area contributed by atoms with E-state index in [4.69, 9.17) is 5.11 Å². The van der Waals surface area contributed by atoms with Crippen LogP contribution in [0.2, 0.25) is 0 Å². The molecule has 0 unspecified atom stereocenters. The van der Waals surface area contributed by atoms with Crippen LogP contribution in [0, 0.1) is 13.8 Å². The summed E-state index contributed by atoms with van der Waals surface area (Å²) in [4.78, 5) is 23.4. The molecule has 0 saturated carbocycles. The molecule has 0 aliphatic carbocycles. The molecule has 2 amide bonds. The first kappa shape index (κ1) is 15.2. The number of hydrogen-bond acceptors (Lipinski definition) is 3. The molecule has 5 heteroatoms. The molecular formula is C14H20N2O3. The minimum absolute atomic E-state index is 0.182. The van der Waals surface area contributed by atoms with Gasteiger partial charge in [0.15, 0.2) is 0 Å². The molecule has 1 rings (SSSR count). The van der Waals surface area contributed by atoms with Gasteiger partial charge in [0.2, 0.25) is 0 Å². The van der Waals surface area contributed by atoms with Crippen LogP contribution in [0.15, 0.2) is 18.2 Å². The summed E-state index contributed by atoms with van der Waals surface area (Å²) in [7, 11) is 0. The molecule has 19 heavy (non-hydrogen) atoms. The maximum absolute atomic E-state index is 11.7. The van der Waals surface area contributed by atoms with E-state index in [2.05, 4.69) is 10.6 Å². The van der Waals surface area contributed by atoms with E-state index in [0.717, 1.165) is 11.1 Å². The number of carbonyl (C=O) groups excluding carboxylic acids is 2. The Balaban J connectivity index is 2.69. The lowest BCUT2D eigenvalue weighted by atomic mass is 10.1. The van der Waals surface area contributed by atoms with Crippen molar-refractivity contribution in [2.75, 3.05) is 11.9 Å². The minimum atomic E-state index is -0.734. The van der Waals surface area contributed by atoms with Crippen molar-refractivity contribution in [1.82, 2.24) is 5.32 Å². The van der Waals surface area contributed by atoms with Gasteiger partial charge in [-0.2, -0.15) is 0 Å². The van der Waals surface area contributed by atoms with Crippen LogP contribution in [0.3, 0.4) is 0 Å². The van der Waals surface area contributed by atoms with Crippen LogP contribution in [0.4, 0.5) is 5.69 Å². The van der Waals surface area contributed by atoms with Crippen molar-refractivity contribution >= 4 is 17.5 Å². The average molecular weight is 264 g/mol. The topological polar surface area (TPSA) is 78.4 Å². The number of anilines is 1. The van der Waals surface area contributed by atoms with Crippen molar-refractivity contribution in [3.8, 4) is 0 Å². The molecule has 3 N–H and O–H groups in total. The standard InChI is InChI=1S/C14H20N2O3/c1-4-11(8-17)15-13(18)14(19)16-12-7-5-6-9(2)10(12)3/h5-7,11,17H,4,8H2,1-3H3,(H,15,18)(H,16,19)/t11-/m0/s1. The zero-order chi connectivity index (χ0) is 14.4. The van der Waals surface area contributed by atoms with E-state index in [1.807, 2.05) is 32.9 Å². The summed E-state index contributed by atoms with van der Waals surface area (Å²) in [6.07, 6.45) is 0.568. The van der Waals surface area contributed by atoms with Crippen LogP contribution in [-0.4, -0.2) is 29.6 Å². The van der Waals surface area contributed by atoms with E-state index < -0.39 is 17.9 Å². The highest BCUT2D eigenvalue weighted by molar-refractivity contribution is 6.39. The number of aryl methyl sites for hydroxylation is 1. The van der Waals surface area contributed by atoms with Crippen molar-refractivity contribution < 1.29 is 14.7 Å². The Kier molecular flexibility index (Phi) is 5.51. The summed E-state index contributed by atoms with van der Waals surface area (Å²) in [5.41, 5.74) is 2.59. The number of benzene rings is 1. The van der Waals surface area contributed by atoms with E-state index >= 15 is 0 Å². The lowest BCUT2D eigenvalue weighted by Gasteiger charge is -2.14. The summed E-state index contributed by atoms with van der Waals surface area (Å²) in [5.74, 6) is -1.46. The number of aliphatic hydroxyl groups is 1. The lowest BCUT2D eigenvalue weighted by Crippen LogP contribution is -2.43. The van der Waals surface area contributed by atoms with E-state index in [1.54, 1.807) is 6.07 Å². The summed E-state index contributed by atoms with van der Waals surface area (Å²) in [5, 5.41) is 14.0. The normalized spacial score (nSPS) is 11.8. The third-order valence-corrected chi connectivity index (χ3v) is 3.11. The fraction of sp³-hybridized carbons (Fsp3) is 0.429. The second-order valence-electron chi connectivity index (χ2n) is 4.46. The Bertz CT molecular complexity index is 468. The fourth-order valence-corrected chi connectivity index (χ4v) is 1.59. The fourth-order valence-electron chi connectivity index (χ4n) is 1.59. The highest BCUT2D eigenvalue weighted by Crippen LogP contribution is 2.17. The quantitative estimate of drug-likeness (QED) is 0.713. The Labute approximate surface area is 113 Å². The van der Waals surface area contributed by atoms with Crippen LogP contribution in [-0.2, 0) is 9.59 Å². The molecule has 104 valence electrons. The van der Waals surface area contributed by atoms with Gasteiger partial charge in [-0.05, 0) is 37.5 Å². The van der Waals surface area contributed by atoms with Crippen LogP contribution in [0.1, 0.15) is 24.5 Å². The summed E-state index contributed by atoms with van der Waals surface area (Å²) in [6, 6.07) is 5.11. The highest BCUT2D eigenvalue weighted by Gasteiger charge is 2.17. The molecule has 0 fully saturated rings. The van der Waals surface area contributed by atoms with Crippen LogP contribution >= 0.6 is 0 Å². The van der Waals surface area contributed by atoms with Gasteiger partial charge in [0.05, 0.1) is 12.6 Å². The minimum Gasteiger partial charge on any atom is -0.394 e. The van der Waals surface area contributed by atoms with Crippen molar-refractivity contribution in [2.24, 2.45) is 0 Å². The first-order chi connectivity index (χ1) is 8.99. The molecule has 1 aromatic rings. The van der Waals surface area contributed by atoms with Crippen molar-refractivity contribution in [3.05, 3.63) is 29.3 Å². The van der Waals surface area contributed by atoms with Gasteiger partial charge in [0, 0.05) is 5.69 Å². The first-order valence-corrected chi connectivity index (χ1v) is 6.28. The Morgan fingerprint density at radius 3 is 2.53 bits per heavy atom. The molecule has 1 atom stereocenters. The molecular weight excluding hydrogens is 244 g/mol. The van der Waals surface area contributed by atoms with Crippen molar-refractivity contribution in [2.45, 2.75) is 33.2 Å². The maximum Gasteiger partial charge on any atom is 0.313 e. The maximum atomic E-state index is 11.7. The van der Waals surface area contributed by atoms with Gasteiger partial charge < -0.3 is 15.7 Å². The Hall–Kier alpha value is -1.88. The number of hydrogen-bond donors (Lipinski definition) is 3. The van der Waals surface area contributed by atoms with Gasteiger partial charge in [-0.3, -0.25) is 9.59 Å². The van der Waals surface area contributed by atoms with Gasteiger partial charge in [-0.15, -0.1) is 0 Å². The van der Waals surface area contributed by atoms with E-state index in [0.29, 0.717) is 12.1 Å². The van der Waals surface area contributed by atoms with Gasteiger partial charge in [-0.1, -0.05) is 19.1 Å². The SMILES string of the molecule is CC[C@@H](CO)NC(=O)C(=O)Nc1cccc(C)c1C. The predicted molar refractivity (Wildman–Crippen MR) is 73.9 cm³/mol. The first-order valence-electron chi connectivity index (χ1n) is 6.28. The van der Waals surface area contributed by atoms with Crippen molar-refractivity contribution in [3.63, 3.8) is 0 Å². The molecule has 5 nitrogen and oxygen atoms in total. The van der Waals surface area contributed by atoms with Crippen LogP contribution in [0.5, 0.6) is 0 Å². The zero-order valence-electron chi connectivity index (χ0n) is 11.5. The van der Waals surface area contributed by atoms with E-state index in [-0.39, 0.29) is 6.61 Å². The van der Waals surface area contributed by atoms with Crippen LogP contribution in [0.25, 0.3) is 0 Å². The molecule has 1 aromatic carbocycles. The monoisotopic (exact) mass is 264 g/mol. The van der Waals surface area contributed by atoms with Gasteiger partial charge >= 0.3 is 11.8 Å². The molecule has 0 bridgehead atoms. The van der Waals surface area contributed by atoms with E-state index in [9.17, 15) is 9.59 Å². The second-order valence-corrected chi connectivity index (χ2v) is 4.46. The molecule has 0 saturated heterocycles. The third-order valence-electron chi connectivity index (χ3n) is 3.11. The third kappa shape index (κ3) is 4.06. The molecule has 0 aromatic heterocycles. The van der Waals surface area contributed by atoms with Crippen LogP contribution < -0.4 is 10.6 Å². The molecule has 0 heterocycles. The Morgan fingerprint density at radius 2 is 1.95 bits per heavy atom. The van der Waals surface area contributed by atoms with Gasteiger partial charge in [-0.25, -0.2) is 0 Å². The molecule has 0 aliphatic rings. The molecule has 0 aliphatic heterocycles. The lowest BCUT2D eigenvalue weighted by molar-refractivity contribution is -0.136. The second kappa shape index (κ2) is 6.89. The average Bonchev–Trinajstić information content (AvgIpc) is 2.40. The molecule has 0 radical (unpaired) electrons. The number of aliphatic hydroxyl groups excluding tert-OH is 1. The predicted octanol–water partition coefficient (Wildman–Crippen LogP) is 1.13. The summed E-state index contributed by atoms with van der Waals surface area (Å²) >= 11 is 0. The smallest absolute Gasteiger partial charge is 0.313 e.